The van der Waals surface area contributed by atoms with Gasteiger partial charge in [-0.05, 0) is 80.1 Å². The van der Waals surface area contributed by atoms with Crippen LogP contribution in [-0.4, -0.2) is 5.11 Å². The van der Waals surface area contributed by atoms with Crippen LogP contribution in [0.15, 0.2) is 23.0 Å². The quantitative estimate of drug-likeness (QED) is 0.495. The minimum atomic E-state index is -0.402. The topological polar surface area (TPSA) is 44.0 Å². The summed E-state index contributed by atoms with van der Waals surface area (Å²) in [5.41, 5.74) is 3.32. The molecule has 4 aliphatic carbocycles. The molecule has 0 aromatic carbocycles. The molecule has 0 aliphatic heterocycles. The average molecular weight is 396 g/mol. The number of hydrogen-bond donors (Lipinski definition) is 1. The van der Waals surface area contributed by atoms with E-state index < -0.39 is 5.41 Å². The maximum absolute atomic E-state index is 10.2. The highest BCUT2D eigenvalue weighted by Gasteiger charge is 2.60. The maximum Gasteiger partial charge on any atom is 0.0899 e. The van der Waals surface area contributed by atoms with E-state index in [0.29, 0.717) is 17.6 Å². The Morgan fingerprint density at radius 3 is 2.59 bits per heavy atom. The fourth-order valence-electron chi connectivity index (χ4n) is 8.09. The Balaban J connectivity index is 1.65. The summed E-state index contributed by atoms with van der Waals surface area (Å²) >= 11 is 0. The molecule has 29 heavy (non-hydrogen) atoms. The van der Waals surface area contributed by atoms with E-state index in [2.05, 4.69) is 40.7 Å². The zero-order chi connectivity index (χ0) is 21.0. The van der Waals surface area contributed by atoms with Crippen molar-refractivity contribution in [2.75, 3.05) is 0 Å². The number of allylic oxidation sites excluding steroid dienone is 4. The van der Waals surface area contributed by atoms with Gasteiger partial charge in [-0.15, -0.1) is 0 Å². The fourth-order valence-corrected chi connectivity index (χ4v) is 8.09. The van der Waals surface area contributed by atoms with E-state index in [1.807, 2.05) is 6.08 Å². The molecule has 0 aromatic heterocycles. The molecule has 1 saturated carbocycles. The van der Waals surface area contributed by atoms with Crippen LogP contribution in [0.25, 0.3) is 0 Å². The van der Waals surface area contributed by atoms with Crippen molar-refractivity contribution in [3.63, 3.8) is 0 Å². The van der Waals surface area contributed by atoms with Crippen LogP contribution in [-0.2, 0) is 0 Å². The Morgan fingerprint density at radius 1 is 1.14 bits per heavy atom. The van der Waals surface area contributed by atoms with Gasteiger partial charge >= 0.3 is 0 Å². The van der Waals surface area contributed by atoms with Crippen LogP contribution >= 0.6 is 0 Å². The summed E-state index contributed by atoms with van der Waals surface area (Å²) in [6, 6.07) is 2.71. The summed E-state index contributed by atoms with van der Waals surface area (Å²) in [6.07, 6.45) is 13.3. The first-order valence-electron chi connectivity index (χ1n) is 12.2. The van der Waals surface area contributed by atoms with Crippen molar-refractivity contribution >= 4 is 0 Å². The molecule has 1 N–H and O–H groups in total. The summed E-state index contributed by atoms with van der Waals surface area (Å²) in [5.74, 6) is 3.64. The van der Waals surface area contributed by atoms with Gasteiger partial charge < -0.3 is 5.11 Å². The molecule has 4 aliphatic rings. The number of nitriles is 1. The van der Waals surface area contributed by atoms with Crippen molar-refractivity contribution < 1.29 is 5.11 Å². The Bertz CT molecular complexity index is 770. The van der Waals surface area contributed by atoms with Crippen LogP contribution in [0, 0.1) is 51.2 Å². The predicted molar refractivity (Wildman–Crippen MR) is 119 cm³/mol. The third-order valence-electron chi connectivity index (χ3n) is 10.0. The molecule has 0 aromatic rings. The smallest absolute Gasteiger partial charge is 0.0899 e. The molecule has 0 unspecified atom stereocenters. The average Bonchev–Trinajstić information content (AvgIpc) is 3.04. The van der Waals surface area contributed by atoms with Gasteiger partial charge in [0.05, 0.1) is 17.2 Å². The van der Waals surface area contributed by atoms with E-state index in [1.165, 1.54) is 38.5 Å². The van der Waals surface area contributed by atoms with Gasteiger partial charge in [0.1, 0.15) is 0 Å². The minimum absolute atomic E-state index is 0.0791. The molecule has 6 atom stereocenters. The Hall–Kier alpha value is -1.23. The largest absolute Gasteiger partial charge is 0.513 e. The Morgan fingerprint density at radius 2 is 1.90 bits per heavy atom. The lowest BCUT2D eigenvalue weighted by Crippen LogP contribution is -2.49. The molecule has 0 amide bonds. The van der Waals surface area contributed by atoms with Crippen molar-refractivity contribution in [2.24, 2.45) is 39.9 Å². The first kappa shape index (κ1) is 21.0. The monoisotopic (exact) mass is 395 g/mol. The third kappa shape index (κ3) is 3.02. The fraction of sp³-hybridized carbons (Fsp3) is 0.815. The van der Waals surface area contributed by atoms with E-state index >= 15 is 0 Å². The molecular weight excluding hydrogens is 354 g/mol. The molecule has 0 heterocycles. The van der Waals surface area contributed by atoms with Crippen LogP contribution in [0.2, 0.25) is 0 Å². The summed E-state index contributed by atoms with van der Waals surface area (Å²) in [4.78, 5) is 0. The van der Waals surface area contributed by atoms with Gasteiger partial charge in [-0.1, -0.05) is 58.6 Å². The predicted octanol–water partition coefficient (Wildman–Crippen LogP) is 7.73. The van der Waals surface area contributed by atoms with Crippen molar-refractivity contribution in [3.05, 3.63) is 23.0 Å². The lowest BCUT2D eigenvalue weighted by Gasteiger charge is -2.56. The molecule has 2 nitrogen and oxygen atoms in total. The number of rotatable bonds is 4. The van der Waals surface area contributed by atoms with E-state index in [-0.39, 0.29) is 5.41 Å². The summed E-state index contributed by atoms with van der Waals surface area (Å²) in [6.45, 7) is 12.2. The number of nitrogens with zero attached hydrogens (tertiary/aromatic N) is 1. The van der Waals surface area contributed by atoms with Crippen LogP contribution in [0.3, 0.4) is 0 Å². The summed E-state index contributed by atoms with van der Waals surface area (Å²) in [5, 5.41) is 20.4. The molecule has 1 fully saturated rings. The second kappa shape index (κ2) is 7.18. The SMILES string of the molecule is CC(C)CC[C@@H](C)[C@H]1CC[C@H]2C3=C(CC[C@]12C)[C@@]1(C)CC=C(O)C[C@]1(C#N)CC3. The van der Waals surface area contributed by atoms with Gasteiger partial charge in [0.2, 0.25) is 0 Å². The molecule has 0 radical (unpaired) electrons. The lowest BCUT2D eigenvalue weighted by molar-refractivity contribution is 0.0489. The van der Waals surface area contributed by atoms with Crippen LogP contribution in [0.1, 0.15) is 98.8 Å². The van der Waals surface area contributed by atoms with Gasteiger partial charge in [0.25, 0.3) is 0 Å². The van der Waals surface area contributed by atoms with Gasteiger partial charge in [0, 0.05) is 11.8 Å². The van der Waals surface area contributed by atoms with Crippen molar-refractivity contribution in [1.29, 1.82) is 5.26 Å². The van der Waals surface area contributed by atoms with E-state index in [1.54, 1.807) is 11.1 Å². The molecule has 4 rings (SSSR count). The molecule has 2 heteroatoms. The van der Waals surface area contributed by atoms with Gasteiger partial charge in [-0.2, -0.15) is 5.26 Å². The third-order valence-corrected chi connectivity index (χ3v) is 10.0. The first-order chi connectivity index (χ1) is 13.7. The highest BCUT2D eigenvalue weighted by Crippen LogP contribution is 2.68. The molecule has 0 bridgehead atoms. The standard InChI is InChI=1S/C27H41NO/c1-18(2)6-7-19(3)22-8-9-23-21-11-15-27(17-28)16-20(29)10-14-26(27,5)24(21)12-13-25(22,23)4/h10,18-19,22-23,29H,6-9,11-16H2,1-5H3/t19-,22-,23+,25-,26-,27+/m1/s1. The molecule has 160 valence electrons. The van der Waals surface area contributed by atoms with Crippen LogP contribution < -0.4 is 0 Å². The van der Waals surface area contributed by atoms with E-state index in [4.69, 9.17) is 0 Å². The highest BCUT2D eigenvalue weighted by atomic mass is 16.3. The van der Waals surface area contributed by atoms with Gasteiger partial charge in [-0.3, -0.25) is 0 Å². The molecular formula is C27H41NO. The zero-order valence-corrected chi connectivity index (χ0v) is 19.4. The number of fused-ring (bicyclic) bond motifs is 4. The normalized spacial score (nSPS) is 42.6. The number of hydrogen-bond acceptors (Lipinski definition) is 2. The maximum atomic E-state index is 10.2. The second-order valence-corrected chi connectivity index (χ2v) is 11.8. The lowest BCUT2D eigenvalue weighted by atomic mass is 9.46. The van der Waals surface area contributed by atoms with Gasteiger partial charge in [-0.25, -0.2) is 0 Å². The second-order valence-electron chi connectivity index (χ2n) is 11.8. The highest BCUT2D eigenvalue weighted by molar-refractivity contribution is 5.40. The Kier molecular flexibility index (Phi) is 5.20. The zero-order valence-electron chi connectivity index (χ0n) is 19.4. The van der Waals surface area contributed by atoms with Crippen LogP contribution in [0.4, 0.5) is 0 Å². The van der Waals surface area contributed by atoms with E-state index in [0.717, 1.165) is 42.9 Å². The van der Waals surface area contributed by atoms with E-state index in [9.17, 15) is 10.4 Å². The first-order valence-corrected chi connectivity index (χ1v) is 12.2. The number of aliphatic hydroxyl groups excluding tert-OH is 1. The Labute approximate surface area is 178 Å². The van der Waals surface area contributed by atoms with Crippen molar-refractivity contribution in [2.45, 2.75) is 98.8 Å². The molecule has 0 spiro atoms. The summed E-state index contributed by atoms with van der Waals surface area (Å²) in [7, 11) is 0. The minimum Gasteiger partial charge on any atom is -0.513 e. The van der Waals surface area contributed by atoms with Crippen molar-refractivity contribution in [1.82, 2.24) is 0 Å². The van der Waals surface area contributed by atoms with Crippen molar-refractivity contribution in [3.8, 4) is 6.07 Å². The number of aliphatic hydroxyl groups is 1. The molecule has 0 saturated heterocycles. The van der Waals surface area contributed by atoms with Gasteiger partial charge in [0.15, 0.2) is 0 Å². The van der Waals surface area contributed by atoms with Crippen LogP contribution in [0.5, 0.6) is 0 Å². The summed E-state index contributed by atoms with van der Waals surface area (Å²) < 4.78 is 0.